The van der Waals surface area contributed by atoms with Gasteiger partial charge in [-0.25, -0.2) is 4.98 Å². The number of halogens is 2. The Morgan fingerprint density at radius 3 is 2.64 bits per heavy atom. The van der Waals surface area contributed by atoms with Crippen molar-refractivity contribution in [3.63, 3.8) is 0 Å². The number of esters is 1. The summed E-state index contributed by atoms with van der Waals surface area (Å²) in [6.45, 7) is -3.59. The van der Waals surface area contributed by atoms with Crippen molar-refractivity contribution in [2.45, 2.75) is 19.5 Å². The Morgan fingerprint density at radius 1 is 1.11 bits per heavy atom. The van der Waals surface area contributed by atoms with Crippen LogP contribution in [0.15, 0.2) is 52.9 Å². The van der Waals surface area contributed by atoms with Gasteiger partial charge in [0.15, 0.2) is 18.1 Å². The topological polar surface area (TPSA) is 90.7 Å². The van der Waals surface area contributed by atoms with Crippen molar-refractivity contribution in [1.82, 2.24) is 4.98 Å². The summed E-state index contributed by atoms with van der Waals surface area (Å²) in [5, 5.41) is 2.36. The van der Waals surface area contributed by atoms with Gasteiger partial charge >= 0.3 is 12.6 Å². The number of anilines is 1. The van der Waals surface area contributed by atoms with E-state index in [1.807, 2.05) is 12.1 Å². The molecule has 1 N–H and O–H groups in total. The first-order valence-corrected chi connectivity index (χ1v) is 8.35. The van der Waals surface area contributed by atoms with E-state index >= 15 is 0 Å². The molecule has 0 aliphatic heterocycles. The molecule has 0 atom stereocenters. The maximum atomic E-state index is 12.4. The van der Waals surface area contributed by atoms with Crippen LogP contribution in [0.2, 0.25) is 0 Å². The van der Waals surface area contributed by atoms with E-state index in [2.05, 4.69) is 15.0 Å². The smallest absolute Gasteiger partial charge is 0.387 e. The molecule has 1 aromatic heterocycles. The van der Waals surface area contributed by atoms with Crippen LogP contribution in [-0.4, -0.2) is 30.1 Å². The fourth-order valence-electron chi connectivity index (χ4n) is 2.41. The highest BCUT2D eigenvalue weighted by Crippen LogP contribution is 2.25. The molecule has 0 saturated heterocycles. The zero-order chi connectivity index (χ0) is 19.9. The Labute approximate surface area is 158 Å². The molecule has 3 rings (SSSR count). The summed E-state index contributed by atoms with van der Waals surface area (Å²) in [5.74, 6) is -1.09. The number of amides is 1. The minimum Gasteiger partial charge on any atom is -0.456 e. The van der Waals surface area contributed by atoms with E-state index in [-0.39, 0.29) is 24.3 Å². The highest BCUT2D eigenvalue weighted by molar-refractivity contribution is 5.94. The van der Waals surface area contributed by atoms with Crippen molar-refractivity contribution in [3.8, 4) is 5.75 Å². The number of carbonyl (C=O) groups excluding carboxylic acids is 2. The average Bonchev–Trinajstić information content (AvgIpc) is 3.09. The van der Waals surface area contributed by atoms with Gasteiger partial charge in [-0.1, -0.05) is 24.3 Å². The van der Waals surface area contributed by atoms with Crippen LogP contribution in [-0.2, 0) is 20.7 Å². The van der Waals surface area contributed by atoms with Crippen LogP contribution in [0, 0.1) is 0 Å². The number of alkyl halides is 2. The van der Waals surface area contributed by atoms with Crippen molar-refractivity contribution < 1.29 is 32.3 Å². The van der Waals surface area contributed by atoms with E-state index in [4.69, 9.17) is 9.15 Å². The summed E-state index contributed by atoms with van der Waals surface area (Å²) < 4.78 is 39.4. The normalized spacial score (nSPS) is 10.8. The maximum Gasteiger partial charge on any atom is 0.387 e. The van der Waals surface area contributed by atoms with Crippen LogP contribution in [0.5, 0.6) is 5.75 Å². The summed E-state index contributed by atoms with van der Waals surface area (Å²) in [6, 6.07) is 12.9. The van der Waals surface area contributed by atoms with E-state index in [1.54, 1.807) is 18.2 Å². The van der Waals surface area contributed by atoms with Gasteiger partial charge < -0.3 is 19.2 Å². The van der Waals surface area contributed by atoms with Gasteiger partial charge in [0.25, 0.3) is 5.91 Å². The quantitative estimate of drug-likeness (QED) is 0.592. The van der Waals surface area contributed by atoms with Crippen molar-refractivity contribution in [1.29, 1.82) is 0 Å². The van der Waals surface area contributed by atoms with E-state index in [1.165, 1.54) is 18.2 Å². The summed E-state index contributed by atoms with van der Waals surface area (Å²) in [6.07, 6.45) is 0.200. The lowest BCUT2D eigenvalue weighted by Gasteiger charge is -2.11. The highest BCUT2D eigenvalue weighted by Gasteiger charge is 2.14. The highest BCUT2D eigenvalue weighted by atomic mass is 19.3. The van der Waals surface area contributed by atoms with Gasteiger partial charge in [0, 0.05) is 6.42 Å². The Morgan fingerprint density at radius 2 is 1.86 bits per heavy atom. The van der Waals surface area contributed by atoms with Crippen molar-refractivity contribution >= 4 is 28.7 Å². The van der Waals surface area contributed by atoms with Gasteiger partial charge in [-0.05, 0) is 24.3 Å². The van der Waals surface area contributed by atoms with Gasteiger partial charge in [-0.15, -0.1) is 0 Å². The molecule has 2 aromatic carbocycles. The minimum absolute atomic E-state index is 0.0226. The van der Waals surface area contributed by atoms with Crippen LogP contribution < -0.4 is 10.1 Å². The zero-order valence-electron chi connectivity index (χ0n) is 14.6. The number of carbonyl (C=O) groups is 2. The summed E-state index contributed by atoms with van der Waals surface area (Å²) >= 11 is 0. The molecule has 0 radical (unpaired) electrons. The maximum absolute atomic E-state index is 12.4. The van der Waals surface area contributed by atoms with Crippen molar-refractivity contribution in [3.05, 3.63) is 54.4 Å². The number of hydrogen-bond acceptors (Lipinski definition) is 6. The molecule has 146 valence electrons. The largest absolute Gasteiger partial charge is 0.456 e. The summed E-state index contributed by atoms with van der Waals surface area (Å²) in [7, 11) is 0. The Bertz CT molecular complexity index is 941. The van der Waals surface area contributed by atoms with Gasteiger partial charge in [0.05, 0.1) is 12.1 Å². The van der Waals surface area contributed by atoms with Crippen LogP contribution in [0.25, 0.3) is 11.1 Å². The number of rotatable bonds is 8. The lowest BCUT2D eigenvalue weighted by molar-refractivity contribution is -0.147. The number of fused-ring (bicyclic) bond motifs is 1. The molecule has 0 bridgehead atoms. The number of aromatic nitrogens is 1. The molecule has 0 saturated carbocycles. The van der Waals surface area contributed by atoms with Gasteiger partial charge in [0.1, 0.15) is 11.3 Å². The fraction of sp³-hybridized carbons (Fsp3) is 0.211. The zero-order valence-corrected chi connectivity index (χ0v) is 14.6. The molecule has 28 heavy (non-hydrogen) atoms. The number of hydrogen-bond donors (Lipinski definition) is 1. The molecule has 3 aromatic rings. The Hall–Kier alpha value is -3.49. The lowest BCUT2D eigenvalue weighted by atomic mass is 10.3. The lowest BCUT2D eigenvalue weighted by Crippen LogP contribution is -2.21. The minimum atomic E-state index is -3.03. The van der Waals surface area contributed by atoms with Crippen molar-refractivity contribution in [2.75, 3.05) is 11.9 Å². The molecule has 7 nitrogen and oxygen atoms in total. The first-order chi connectivity index (χ1) is 13.5. The SMILES string of the molecule is O=C(COC(=O)CCc1nc2ccccc2o1)Nc1ccccc1OC(F)F. The third-order valence-electron chi connectivity index (χ3n) is 3.62. The molecular formula is C19H16F2N2O5. The van der Waals surface area contributed by atoms with Gasteiger partial charge in [-0.2, -0.15) is 8.78 Å². The van der Waals surface area contributed by atoms with E-state index in [0.29, 0.717) is 17.0 Å². The van der Waals surface area contributed by atoms with Crippen LogP contribution >= 0.6 is 0 Å². The first-order valence-electron chi connectivity index (χ1n) is 8.35. The van der Waals surface area contributed by atoms with E-state index in [9.17, 15) is 18.4 Å². The van der Waals surface area contributed by atoms with Crippen LogP contribution in [0.1, 0.15) is 12.3 Å². The second-order valence-electron chi connectivity index (χ2n) is 5.66. The second-order valence-corrected chi connectivity index (χ2v) is 5.66. The molecule has 0 spiro atoms. The Balaban J connectivity index is 1.46. The molecule has 0 fully saturated rings. The third-order valence-corrected chi connectivity index (χ3v) is 3.62. The number of nitrogens with zero attached hydrogens (tertiary/aromatic N) is 1. The number of aryl methyl sites for hydroxylation is 1. The monoisotopic (exact) mass is 390 g/mol. The molecule has 1 heterocycles. The van der Waals surface area contributed by atoms with Crippen LogP contribution in [0.4, 0.5) is 14.5 Å². The molecule has 0 unspecified atom stereocenters. The predicted octanol–water partition coefficient (Wildman–Crippen LogP) is 3.54. The number of nitrogens with one attached hydrogen (secondary N) is 1. The number of oxazole rings is 1. The van der Waals surface area contributed by atoms with Crippen LogP contribution in [0.3, 0.4) is 0 Å². The van der Waals surface area contributed by atoms with Gasteiger partial charge in [0.2, 0.25) is 0 Å². The molecular weight excluding hydrogens is 374 g/mol. The van der Waals surface area contributed by atoms with E-state index in [0.717, 1.165) is 0 Å². The Kier molecular flexibility index (Phi) is 6.15. The first kappa shape index (κ1) is 19.3. The second kappa shape index (κ2) is 8.94. The molecule has 9 heteroatoms. The summed E-state index contributed by atoms with van der Waals surface area (Å²) in [4.78, 5) is 27.9. The summed E-state index contributed by atoms with van der Waals surface area (Å²) in [5.41, 5.74) is 1.36. The van der Waals surface area contributed by atoms with E-state index < -0.39 is 25.1 Å². The fourth-order valence-corrected chi connectivity index (χ4v) is 2.41. The molecule has 1 amide bonds. The van der Waals surface area contributed by atoms with Crippen molar-refractivity contribution in [2.24, 2.45) is 0 Å². The third kappa shape index (κ3) is 5.26. The molecule has 0 aliphatic rings. The predicted molar refractivity (Wildman–Crippen MR) is 95.0 cm³/mol. The number of ether oxygens (including phenoxy) is 2. The number of benzene rings is 2. The average molecular weight is 390 g/mol. The van der Waals surface area contributed by atoms with Gasteiger partial charge in [-0.3, -0.25) is 9.59 Å². The standard InChI is InChI=1S/C19H16F2N2O5/c20-19(21)28-15-8-4-1-5-12(15)22-16(24)11-26-18(25)10-9-17-23-13-6-2-3-7-14(13)27-17/h1-8,19H,9-11H2,(H,22,24). The molecule has 0 aliphatic carbocycles. The number of para-hydroxylation sites is 4.